The number of esters is 2. The van der Waals surface area contributed by atoms with Gasteiger partial charge in [0.05, 0.1) is 26.4 Å². The molecule has 0 fully saturated rings. The Balaban J connectivity index is 3.79. The van der Waals surface area contributed by atoms with Crippen LogP contribution in [0.25, 0.3) is 0 Å². The second-order valence-electron chi connectivity index (χ2n) is 17.9. The van der Waals surface area contributed by atoms with Gasteiger partial charge in [0.2, 0.25) is 0 Å². The zero-order chi connectivity index (χ0) is 46.2. The highest BCUT2D eigenvalue weighted by Gasteiger charge is 2.27. The first-order chi connectivity index (χ1) is 30.8. The van der Waals surface area contributed by atoms with Gasteiger partial charge in [0.1, 0.15) is 12.2 Å². The van der Waals surface area contributed by atoms with Gasteiger partial charge in [0, 0.05) is 12.8 Å². The molecule has 0 aliphatic heterocycles. The van der Waals surface area contributed by atoms with Crippen LogP contribution < -0.4 is 0 Å². The Morgan fingerprint density at radius 2 is 0.698 bits per heavy atom. The molecule has 0 spiro atoms. The van der Waals surface area contributed by atoms with Crippen LogP contribution in [0.15, 0.2) is 24.3 Å². The second kappa shape index (κ2) is 48.4. The van der Waals surface area contributed by atoms with Crippen molar-refractivity contribution in [3.8, 4) is 0 Å². The minimum atomic E-state index is -4.64. The number of phosphoric ester groups is 1. The standard InChI is InChI=1S/C52H99O10P/c1-3-5-7-9-11-13-15-17-19-21-22-23-24-25-26-28-30-32-34-36-38-40-42-44-52(56)62-50(46-54)48-60-63(57,58)59-47-49(45-53)61-51(55)43-41-39-37-35-33-31-29-27-20-18-16-14-12-10-8-6-4-2/h12,14,18,20,49-50,53-54H,3-11,13,15-17,19,21-48H2,1-2H3,(H,57,58)/b14-12-,20-18-. The van der Waals surface area contributed by atoms with E-state index in [9.17, 15) is 29.3 Å². The van der Waals surface area contributed by atoms with E-state index in [1.165, 1.54) is 167 Å². The monoisotopic (exact) mass is 915 g/mol. The van der Waals surface area contributed by atoms with E-state index in [0.29, 0.717) is 12.8 Å². The third kappa shape index (κ3) is 46.8. The zero-order valence-electron chi connectivity index (χ0n) is 40.8. The number of aliphatic hydroxyl groups is 2. The molecule has 0 amide bonds. The molecule has 3 N–H and O–H groups in total. The third-order valence-corrected chi connectivity index (χ3v) is 12.6. The summed E-state index contributed by atoms with van der Waals surface area (Å²) in [6, 6.07) is 0. The highest BCUT2D eigenvalue weighted by molar-refractivity contribution is 7.47. The first-order valence-corrected chi connectivity index (χ1v) is 27.8. The van der Waals surface area contributed by atoms with Crippen LogP contribution in [0.4, 0.5) is 0 Å². The Morgan fingerprint density at radius 3 is 1.02 bits per heavy atom. The first-order valence-electron chi connectivity index (χ1n) is 26.3. The summed E-state index contributed by atoms with van der Waals surface area (Å²) < 4.78 is 32.7. The van der Waals surface area contributed by atoms with Crippen molar-refractivity contribution in [3.63, 3.8) is 0 Å². The van der Waals surface area contributed by atoms with Gasteiger partial charge < -0.3 is 24.6 Å². The number of hydrogen-bond acceptors (Lipinski definition) is 9. The molecule has 0 bridgehead atoms. The normalized spacial score (nSPS) is 13.8. The van der Waals surface area contributed by atoms with Crippen LogP contribution in [0.3, 0.4) is 0 Å². The highest BCUT2D eigenvalue weighted by Crippen LogP contribution is 2.43. The van der Waals surface area contributed by atoms with E-state index in [0.717, 1.165) is 51.4 Å². The lowest BCUT2D eigenvalue weighted by Gasteiger charge is -2.20. The fraction of sp³-hybridized carbons (Fsp3) is 0.885. The van der Waals surface area contributed by atoms with Crippen molar-refractivity contribution in [1.82, 2.24) is 0 Å². The van der Waals surface area contributed by atoms with Gasteiger partial charge in [-0.2, -0.15) is 0 Å². The predicted octanol–water partition coefficient (Wildman–Crippen LogP) is 14.9. The Kier molecular flexibility index (Phi) is 47.2. The number of rotatable bonds is 50. The summed E-state index contributed by atoms with van der Waals surface area (Å²) in [6.45, 7) is 2.23. The van der Waals surface area contributed by atoms with Crippen LogP contribution in [-0.4, -0.2) is 65.7 Å². The molecule has 0 aromatic rings. The van der Waals surface area contributed by atoms with Gasteiger partial charge in [-0.3, -0.25) is 18.6 Å². The van der Waals surface area contributed by atoms with Crippen LogP contribution in [-0.2, 0) is 32.7 Å². The van der Waals surface area contributed by atoms with Gasteiger partial charge in [-0.15, -0.1) is 0 Å². The molecular weight excluding hydrogens is 816 g/mol. The van der Waals surface area contributed by atoms with Crippen molar-refractivity contribution in [3.05, 3.63) is 24.3 Å². The maximum Gasteiger partial charge on any atom is 0.472 e. The van der Waals surface area contributed by atoms with Gasteiger partial charge in [-0.25, -0.2) is 4.57 Å². The molecule has 0 rings (SSSR count). The summed E-state index contributed by atoms with van der Waals surface area (Å²) in [6.07, 6.45) is 51.6. The van der Waals surface area contributed by atoms with Crippen molar-refractivity contribution in [2.45, 2.75) is 270 Å². The number of unbranched alkanes of at least 4 members (excludes halogenated alkanes) is 32. The van der Waals surface area contributed by atoms with E-state index in [2.05, 4.69) is 38.2 Å². The number of carbonyl (C=O) groups excluding carboxylic acids is 2. The molecule has 372 valence electrons. The molecule has 0 heterocycles. The summed E-state index contributed by atoms with van der Waals surface area (Å²) >= 11 is 0. The summed E-state index contributed by atoms with van der Waals surface area (Å²) in [5, 5.41) is 19.3. The Bertz CT molecular complexity index is 1100. The lowest BCUT2D eigenvalue weighted by molar-refractivity contribution is -0.153. The predicted molar refractivity (Wildman–Crippen MR) is 261 cm³/mol. The minimum absolute atomic E-state index is 0.185. The summed E-state index contributed by atoms with van der Waals surface area (Å²) in [5.74, 6) is -1.01. The van der Waals surface area contributed by atoms with E-state index in [1.807, 2.05) is 0 Å². The Morgan fingerprint density at radius 1 is 0.429 bits per heavy atom. The molecule has 0 aromatic heterocycles. The Hall–Kier alpha value is -1.55. The second-order valence-corrected chi connectivity index (χ2v) is 19.3. The fourth-order valence-corrected chi connectivity index (χ4v) is 8.40. The summed E-state index contributed by atoms with van der Waals surface area (Å²) in [5.41, 5.74) is 0. The molecule has 0 saturated heterocycles. The van der Waals surface area contributed by atoms with Crippen LogP contribution >= 0.6 is 7.82 Å². The summed E-state index contributed by atoms with van der Waals surface area (Å²) in [7, 11) is -4.64. The molecule has 0 aromatic carbocycles. The molecule has 10 nitrogen and oxygen atoms in total. The summed E-state index contributed by atoms with van der Waals surface area (Å²) in [4.78, 5) is 34.7. The van der Waals surface area contributed by atoms with Crippen LogP contribution in [0.2, 0.25) is 0 Å². The molecule has 0 saturated carbocycles. The fourth-order valence-electron chi connectivity index (χ4n) is 7.62. The van der Waals surface area contributed by atoms with E-state index in [-0.39, 0.29) is 12.8 Å². The molecule has 0 radical (unpaired) electrons. The van der Waals surface area contributed by atoms with Crippen molar-refractivity contribution in [2.75, 3.05) is 26.4 Å². The van der Waals surface area contributed by atoms with Crippen LogP contribution in [0.5, 0.6) is 0 Å². The minimum Gasteiger partial charge on any atom is -0.457 e. The lowest BCUT2D eigenvalue weighted by Crippen LogP contribution is -2.28. The average Bonchev–Trinajstić information content (AvgIpc) is 3.27. The maximum absolute atomic E-state index is 12.4. The smallest absolute Gasteiger partial charge is 0.457 e. The van der Waals surface area contributed by atoms with Crippen molar-refractivity contribution in [2.24, 2.45) is 0 Å². The third-order valence-electron chi connectivity index (χ3n) is 11.7. The molecule has 0 aliphatic carbocycles. The van der Waals surface area contributed by atoms with Gasteiger partial charge in [-0.05, 0) is 44.9 Å². The lowest BCUT2D eigenvalue weighted by atomic mass is 10.0. The van der Waals surface area contributed by atoms with E-state index in [4.69, 9.17) is 18.5 Å². The first kappa shape index (κ1) is 61.5. The quantitative estimate of drug-likeness (QED) is 0.0233. The maximum atomic E-state index is 12.4. The largest absolute Gasteiger partial charge is 0.472 e. The number of allylic oxidation sites excluding steroid dienone is 4. The van der Waals surface area contributed by atoms with Gasteiger partial charge in [0.25, 0.3) is 0 Å². The molecule has 3 unspecified atom stereocenters. The Labute approximate surface area is 387 Å². The number of aliphatic hydroxyl groups excluding tert-OH is 2. The molecule has 0 aliphatic rings. The van der Waals surface area contributed by atoms with Gasteiger partial charge in [0.15, 0.2) is 0 Å². The molecule has 3 atom stereocenters. The number of phosphoric acid groups is 1. The van der Waals surface area contributed by atoms with Gasteiger partial charge >= 0.3 is 19.8 Å². The number of hydrogen-bond donors (Lipinski definition) is 3. The van der Waals surface area contributed by atoms with Crippen LogP contribution in [0, 0.1) is 0 Å². The van der Waals surface area contributed by atoms with Gasteiger partial charge in [-0.1, -0.05) is 224 Å². The topological polar surface area (TPSA) is 149 Å². The SMILES string of the molecule is CCCCC/C=C\C/C=C\CCCCCCCCCC(=O)OC(CO)COP(=O)(O)OCC(CO)OC(=O)CCCCCCCCCCCCCCCCCCCCCCCCC. The molecule has 63 heavy (non-hydrogen) atoms. The van der Waals surface area contributed by atoms with E-state index >= 15 is 0 Å². The van der Waals surface area contributed by atoms with E-state index < -0.39 is 58.4 Å². The number of carbonyl (C=O) groups is 2. The highest BCUT2D eigenvalue weighted by atomic mass is 31.2. The zero-order valence-corrected chi connectivity index (χ0v) is 41.7. The molecule has 11 heteroatoms. The van der Waals surface area contributed by atoms with Crippen molar-refractivity contribution in [1.29, 1.82) is 0 Å². The van der Waals surface area contributed by atoms with E-state index in [1.54, 1.807) is 0 Å². The van der Waals surface area contributed by atoms with Crippen molar-refractivity contribution < 1.29 is 47.8 Å². The van der Waals surface area contributed by atoms with Crippen molar-refractivity contribution >= 4 is 19.8 Å². The molecular formula is C52H99O10P. The number of ether oxygens (including phenoxy) is 2. The van der Waals surface area contributed by atoms with Crippen LogP contribution in [0.1, 0.15) is 258 Å². The average molecular weight is 915 g/mol.